The second-order valence-electron chi connectivity index (χ2n) is 7.89. The third kappa shape index (κ3) is 5.38. The second kappa shape index (κ2) is 10.4. The number of nitrogens with one attached hydrogen (secondary N) is 1. The number of hydrogen-bond acceptors (Lipinski definition) is 5. The first-order chi connectivity index (χ1) is 16.4. The van der Waals surface area contributed by atoms with Gasteiger partial charge in [-0.25, -0.2) is 0 Å². The van der Waals surface area contributed by atoms with Crippen LogP contribution in [-0.2, 0) is 16.2 Å². The average molecular weight is 473 g/mol. The van der Waals surface area contributed by atoms with Gasteiger partial charge in [0.25, 0.3) is 11.1 Å². The summed E-state index contributed by atoms with van der Waals surface area (Å²) < 4.78 is 5.95. The van der Waals surface area contributed by atoms with E-state index in [1.165, 1.54) is 0 Å². The fourth-order valence-electron chi connectivity index (χ4n) is 3.58. The zero-order valence-corrected chi connectivity index (χ0v) is 19.7. The quantitative estimate of drug-likeness (QED) is 0.456. The summed E-state index contributed by atoms with van der Waals surface area (Å²) >= 11 is 0.817. The number of hydrogen-bond donors (Lipinski definition) is 1. The molecule has 0 spiro atoms. The highest BCUT2D eigenvalue weighted by Gasteiger charge is 2.36. The molecule has 7 heteroatoms. The molecule has 3 aromatic carbocycles. The number of para-hydroxylation sites is 2. The standard InChI is InChI=1S/C27H24N2O4S/c1-18-9-8-10-19(2)25(18)28-24(30)16-29-26(31)23(34-27(29)32)15-21-13-6-7-14-22(21)33-17-20-11-4-3-5-12-20/h3-15H,16-17H2,1-2H3,(H,28,30)/b23-15+. The van der Waals surface area contributed by atoms with Crippen molar-refractivity contribution in [3.05, 3.63) is 100.0 Å². The van der Waals surface area contributed by atoms with Gasteiger partial charge in [-0.2, -0.15) is 0 Å². The normalized spacial score (nSPS) is 14.5. The number of amides is 3. The lowest BCUT2D eigenvalue weighted by atomic mass is 10.1. The molecule has 1 heterocycles. The number of anilines is 1. The van der Waals surface area contributed by atoms with Crippen molar-refractivity contribution in [3.63, 3.8) is 0 Å². The number of ether oxygens (including phenoxy) is 1. The maximum atomic E-state index is 12.9. The van der Waals surface area contributed by atoms with Crippen LogP contribution in [0.1, 0.15) is 22.3 Å². The average Bonchev–Trinajstić information content (AvgIpc) is 3.09. The third-order valence-electron chi connectivity index (χ3n) is 5.36. The molecule has 0 radical (unpaired) electrons. The minimum absolute atomic E-state index is 0.251. The molecule has 0 aromatic heterocycles. The largest absolute Gasteiger partial charge is 0.488 e. The Labute approximate surface area is 202 Å². The van der Waals surface area contributed by atoms with Crippen molar-refractivity contribution in [3.8, 4) is 5.75 Å². The molecule has 4 rings (SSSR count). The van der Waals surface area contributed by atoms with E-state index in [4.69, 9.17) is 4.74 Å². The van der Waals surface area contributed by atoms with Crippen LogP contribution in [0.2, 0.25) is 0 Å². The molecule has 1 N–H and O–H groups in total. The van der Waals surface area contributed by atoms with E-state index in [0.717, 1.165) is 33.4 Å². The summed E-state index contributed by atoms with van der Waals surface area (Å²) in [4.78, 5) is 39.3. The van der Waals surface area contributed by atoms with Crippen molar-refractivity contribution in [2.75, 3.05) is 11.9 Å². The zero-order valence-electron chi connectivity index (χ0n) is 18.9. The molecule has 0 unspecified atom stereocenters. The van der Waals surface area contributed by atoms with E-state index in [9.17, 15) is 14.4 Å². The summed E-state index contributed by atoms with van der Waals surface area (Å²) in [6.45, 7) is 3.82. The van der Waals surface area contributed by atoms with E-state index >= 15 is 0 Å². The Bertz CT molecular complexity index is 1250. The van der Waals surface area contributed by atoms with Crippen LogP contribution < -0.4 is 10.1 Å². The first-order valence-corrected chi connectivity index (χ1v) is 11.6. The molecule has 0 aliphatic carbocycles. The molecule has 172 valence electrons. The molecule has 1 aliphatic heterocycles. The van der Waals surface area contributed by atoms with E-state index in [2.05, 4.69) is 5.32 Å². The fourth-order valence-corrected chi connectivity index (χ4v) is 4.41. The summed E-state index contributed by atoms with van der Waals surface area (Å²) in [5.41, 5.74) is 4.22. The van der Waals surface area contributed by atoms with Crippen LogP contribution in [0, 0.1) is 13.8 Å². The summed E-state index contributed by atoms with van der Waals surface area (Å²) in [5, 5.41) is 2.34. The van der Waals surface area contributed by atoms with Crippen LogP contribution in [0.4, 0.5) is 10.5 Å². The van der Waals surface area contributed by atoms with Crippen molar-refractivity contribution >= 4 is 40.6 Å². The molecular weight excluding hydrogens is 448 g/mol. The first-order valence-electron chi connectivity index (χ1n) is 10.8. The minimum Gasteiger partial charge on any atom is -0.488 e. The van der Waals surface area contributed by atoms with Crippen LogP contribution >= 0.6 is 11.8 Å². The number of nitrogens with zero attached hydrogens (tertiary/aromatic N) is 1. The summed E-state index contributed by atoms with van der Waals surface area (Å²) in [6, 6.07) is 22.8. The molecule has 0 saturated carbocycles. The molecule has 6 nitrogen and oxygen atoms in total. The lowest BCUT2D eigenvalue weighted by Crippen LogP contribution is -2.36. The molecular formula is C27H24N2O4S. The Morgan fingerprint density at radius 3 is 2.35 bits per heavy atom. The topological polar surface area (TPSA) is 75.7 Å². The molecule has 1 fully saturated rings. The second-order valence-corrected chi connectivity index (χ2v) is 8.89. The lowest BCUT2D eigenvalue weighted by Gasteiger charge is -2.15. The molecule has 1 saturated heterocycles. The maximum Gasteiger partial charge on any atom is 0.294 e. The van der Waals surface area contributed by atoms with Crippen molar-refractivity contribution in [1.82, 2.24) is 4.90 Å². The van der Waals surface area contributed by atoms with Gasteiger partial charge >= 0.3 is 0 Å². The Morgan fingerprint density at radius 2 is 1.62 bits per heavy atom. The summed E-state index contributed by atoms with van der Waals surface area (Å²) in [7, 11) is 0. The van der Waals surface area contributed by atoms with Gasteiger partial charge in [0.2, 0.25) is 5.91 Å². The zero-order chi connectivity index (χ0) is 24.1. The highest BCUT2D eigenvalue weighted by Crippen LogP contribution is 2.34. The van der Waals surface area contributed by atoms with Gasteiger partial charge in [0.05, 0.1) is 4.91 Å². The van der Waals surface area contributed by atoms with E-state index < -0.39 is 17.1 Å². The third-order valence-corrected chi connectivity index (χ3v) is 6.27. The molecule has 3 aromatic rings. The number of rotatable bonds is 7. The van der Waals surface area contributed by atoms with E-state index in [1.807, 2.05) is 86.6 Å². The van der Waals surface area contributed by atoms with E-state index in [-0.39, 0.29) is 11.4 Å². The van der Waals surface area contributed by atoms with Crippen molar-refractivity contribution in [2.45, 2.75) is 20.5 Å². The molecule has 0 bridgehead atoms. The van der Waals surface area contributed by atoms with Gasteiger partial charge < -0.3 is 10.1 Å². The molecule has 3 amide bonds. The highest BCUT2D eigenvalue weighted by atomic mass is 32.2. The number of carbonyl (C=O) groups excluding carboxylic acids is 3. The van der Waals surface area contributed by atoms with Crippen LogP contribution in [0.15, 0.2) is 77.7 Å². The fraction of sp³-hybridized carbons (Fsp3) is 0.148. The van der Waals surface area contributed by atoms with Gasteiger partial charge in [0, 0.05) is 11.3 Å². The minimum atomic E-state index is -0.496. The molecule has 34 heavy (non-hydrogen) atoms. The number of carbonyl (C=O) groups is 3. The highest BCUT2D eigenvalue weighted by molar-refractivity contribution is 8.18. The van der Waals surface area contributed by atoms with Gasteiger partial charge in [0.15, 0.2) is 0 Å². The van der Waals surface area contributed by atoms with Gasteiger partial charge in [-0.1, -0.05) is 66.7 Å². The van der Waals surface area contributed by atoms with Crippen LogP contribution in [0.3, 0.4) is 0 Å². The Hall–Kier alpha value is -3.84. The number of benzene rings is 3. The molecule has 1 aliphatic rings. The van der Waals surface area contributed by atoms with Crippen LogP contribution in [-0.4, -0.2) is 28.5 Å². The van der Waals surface area contributed by atoms with Crippen LogP contribution in [0.5, 0.6) is 5.75 Å². The van der Waals surface area contributed by atoms with Crippen molar-refractivity contribution < 1.29 is 19.1 Å². The summed E-state index contributed by atoms with van der Waals surface area (Å²) in [6.07, 6.45) is 1.63. The Kier molecular flexibility index (Phi) is 7.13. The smallest absolute Gasteiger partial charge is 0.294 e. The van der Waals surface area contributed by atoms with Gasteiger partial charge in [0.1, 0.15) is 18.9 Å². The maximum absolute atomic E-state index is 12.9. The monoisotopic (exact) mass is 472 g/mol. The first kappa shape index (κ1) is 23.3. The Morgan fingerprint density at radius 1 is 0.941 bits per heavy atom. The van der Waals surface area contributed by atoms with Crippen LogP contribution in [0.25, 0.3) is 6.08 Å². The van der Waals surface area contributed by atoms with Gasteiger partial charge in [-0.15, -0.1) is 0 Å². The Balaban J connectivity index is 1.46. The SMILES string of the molecule is Cc1cccc(C)c1NC(=O)CN1C(=O)S/C(=C/c2ccccc2OCc2ccccc2)C1=O. The predicted octanol–water partition coefficient (Wildman–Crippen LogP) is 5.56. The van der Waals surface area contributed by atoms with E-state index in [1.54, 1.807) is 6.08 Å². The summed E-state index contributed by atoms with van der Waals surface area (Å²) in [5.74, 6) is -0.317. The van der Waals surface area contributed by atoms with Crippen molar-refractivity contribution in [2.24, 2.45) is 0 Å². The lowest BCUT2D eigenvalue weighted by molar-refractivity contribution is -0.127. The number of aryl methyl sites for hydroxylation is 2. The molecule has 0 atom stereocenters. The van der Waals surface area contributed by atoms with E-state index in [0.29, 0.717) is 23.6 Å². The number of thioether (sulfide) groups is 1. The predicted molar refractivity (Wildman–Crippen MR) is 134 cm³/mol. The number of imide groups is 1. The van der Waals surface area contributed by atoms with Crippen molar-refractivity contribution in [1.29, 1.82) is 0 Å². The van der Waals surface area contributed by atoms with Gasteiger partial charge in [-0.05, 0) is 54.4 Å². The van der Waals surface area contributed by atoms with Gasteiger partial charge in [-0.3, -0.25) is 19.3 Å².